The Hall–Kier alpha value is -4.05. The molecule has 1 saturated heterocycles. The maximum Gasteiger partial charge on any atom is 0.255 e. The van der Waals surface area contributed by atoms with Crippen molar-refractivity contribution in [3.8, 4) is 5.75 Å². The molecule has 0 bridgehead atoms. The third-order valence-electron chi connectivity index (χ3n) is 7.27. The molecule has 10 heteroatoms. The van der Waals surface area contributed by atoms with Crippen LogP contribution < -0.4 is 24.6 Å². The fraction of sp³-hybridized carbons (Fsp3) is 0.219. The van der Waals surface area contributed by atoms with E-state index in [2.05, 4.69) is 19.8 Å². The summed E-state index contributed by atoms with van der Waals surface area (Å²) in [5, 5.41) is 3.26. The lowest BCUT2D eigenvalue weighted by Gasteiger charge is -2.38. The molecular weight excluding hydrogens is 572 g/mol. The van der Waals surface area contributed by atoms with Crippen molar-refractivity contribution in [3.05, 3.63) is 113 Å². The molecule has 0 saturated carbocycles. The van der Waals surface area contributed by atoms with E-state index in [0.29, 0.717) is 48.1 Å². The highest BCUT2D eigenvalue weighted by atomic mass is 35.5. The van der Waals surface area contributed by atoms with Crippen LogP contribution in [-0.2, 0) is 10.0 Å². The van der Waals surface area contributed by atoms with E-state index in [9.17, 15) is 13.2 Å². The second-order valence-corrected chi connectivity index (χ2v) is 12.2. The van der Waals surface area contributed by atoms with Gasteiger partial charge in [-0.25, -0.2) is 13.1 Å². The number of para-hydroxylation sites is 2. The molecule has 218 valence electrons. The molecule has 5 rings (SSSR count). The highest BCUT2D eigenvalue weighted by molar-refractivity contribution is 7.89. The highest BCUT2D eigenvalue weighted by Gasteiger charge is 2.28. The number of amides is 1. The zero-order valence-corrected chi connectivity index (χ0v) is 25.0. The first-order chi connectivity index (χ1) is 20.2. The lowest BCUT2D eigenvalue weighted by atomic mass is 10.1. The van der Waals surface area contributed by atoms with Crippen LogP contribution in [0.4, 0.5) is 17.1 Å². The minimum Gasteiger partial charge on any atom is -0.495 e. The highest BCUT2D eigenvalue weighted by Crippen LogP contribution is 2.33. The van der Waals surface area contributed by atoms with Crippen LogP contribution in [0, 0.1) is 0 Å². The molecule has 2 N–H and O–H groups in total. The van der Waals surface area contributed by atoms with Gasteiger partial charge in [0.1, 0.15) is 10.6 Å². The Kier molecular flexibility index (Phi) is 9.01. The Morgan fingerprint density at radius 3 is 2.19 bits per heavy atom. The summed E-state index contributed by atoms with van der Waals surface area (Å²) in [7, 11) is -2.34. The van der Waals surface area contributed by atoms with Gasteiger partial charge in [-0.3, -0.25) is 4.79 Å². The number of carbonyl (C=O) groups excluding carboxylic acids is 1. The van der Waals surface area contributed by atoms with E-state index < -0.39 is 16.1 Å². The lowest BCUT2D eigenvalue weighted by molar-refractivity contribution is 0.102. The van der Waals surface area contributed by atoms with E-state index in [4.69, 9.17) is 16.3 Å². The van der Waals surface area contributed by atoms with Crippen molar-refractivity contribution in [2.75, 3.05) is 48.4 Å². The number of ether oxygens (including phenoxy) is 1. The average molecular weight is 605 g/mol. The van der Waals surface area contributed by atoms with Gasteiger partial charge in [-0.1, -0.05) is 60.1 Å². The van der Waals surface area contributed by atoms with E-state index in [1.54, 1.807) is 43.5 Å². The Morgan fingerprint density at radius 2 is 1.50 bits per heavy atom. The summed E-state index contributed by atoms with van der Waals surface area (Å²) in [6.45, 7) is 4.37. The number of halogens is 1. The quantitative estimate of drug-likeness (QED) is 0.245. The molecule has 1 aliphatic heterocycles. The third-order valence-corrected chi connectivity index (χ3v) is 9.08. The number of nitrogens with zero attached hydrogens (tertiary/aromatic N) is 2. The van der Waals surface area contributed by atoms with Crippen LogP contribution in [0.1, 0.15) is 28.9 Å². The van der Waals surface area contributed by atoms with Crippen LogP contribution in [0.3, 0.4) is 0 Å². The standard InChI is InChI=1S/C32H33ClN4O4S/c1-23(24-9-4-3-5-10-24)35-42(39,40)31-22-27(34-32(38)25-11-8-12-26(33)21-25)15-16-29(31)37-19-17-36(18-20-37)28-13-6-7-14-30(28)41-2/h3-16,21-23,35H,17-20H2,1-2H3,(H,34,38)/t23-/m0/s1. The summed E-state index contributed by atoms with van der Waals surface area (Å²) in [5.74, 6) is 0.415. The maximum absolute atomic E-state index is 13.9. The molecule has 8 nitrogen and oxygen atoms in total. The first kappa shape index (κ1) is 29.4. The summed E-state index contributed by atoms with van der Waals surface area (Å²) in [5.41, 5.74) is 3.16. The molecule has 0 unspecified atom stereocenters. The van der Waals surface area contributed by atoms with Gasteiger partial charge >= 0.3 is 0 Å². The lowest BCUT2D eigenvalue weighted by Crippen LogP contribution is -2.47. The van der Waals surface area contributed by atoms with Crippen molar-refractivity contribution >= 4 is 44.6 Å². The van der Waals surface area contributed by atoms with E-state index >= 15 is 0 Å². The number of anilines is 3. The zero-order chi connectivity index (χ0) is 29.7. The summed E-state index contributed by atoms with van der Waals surface area (Å²) in [4.78, 5) is 17.3. The predicted octanol–water partition coefficient (Wildman–Crippen LogP) is 5.97. The molecule has 1 atom stereocenters. The van der Waals surface area contributed by atoms with Gasteiger partial charge in [0.05, 0.1) is 18.5 Å². The van der Waals surface area contributed by atoms with Gasteiger partial charge < -0.3 is 19.9 Å². The van der Waals surface area contributed by atoms with Gasteiger partial charge in [0, 0.05) is 48.5 Å². The Morgan fingerprint density at radius 1 is 0.833 bits per heavy atom. The van der Waals surface area contributed by atoms with Crippen LogP contribution in [0.25, 0.3) is 0 Å². The van der Waals surface area contributed by atoms with Crippen molar-refractivity contribution < 1.29 is 17.9 Å². The Bertz CT molecular complexity index is 1660. The summed E-state index contributed by atoms with van der Waals surface area (Å²) in [6.07, 6.45) is 0. The van der Waals surface area contributed by atoms with Gasteiger partial charge in [-0.15, -0.1) is 0 Å². The van der Waals surface area contributed by atoms with E-state index in [0.717, 1.165) is 17.0 Å². The summed E-state index contributed by atoms with van der Waals surface area (Å²) in [6, 6.07) is 28.4. The number of hydrogen-bond donors (Lipinski definition) is 2. The van der Waals surface area contributed by atoms with Crippen LogP contribution in [0.2, 0.25) is 5.02 Å². The fourth-order valence-corrected chi connectivity index (χ4v) is 6.76. The van der Waals surface area contributed by atoms with Crippen LogP contribution in [0.5, 0.6) is 5.75 Å². The molecule has 1 aliphatic rings. The molecule has 0 aromatic heterocycles. The molecule has 0 spiro atoms. The number of piperazine rings is 1. The number of benzene rings is 4. The third kappa shape index (κ3) is 6.70. The number of sulfonamides is 1. The Labute approximate surface area is 251 Å². The first-order valence-electron chi connectivity index (χ1n) is 13.7. The number of methoxy groups -OCH3 is 1. The second kappa shape index (κ2) is 12.9. The largest absolute Gasteiger partial charge is 0.495 e. The number of rotatable bonds is 9. The van der Waals surface area contributed by atoms with Crippen LogP contribution in [0.15, 0.2) is 102 Å². The number of hydrogen-bond acceptors (Lipinski definition) is 6. The van der Waals surface area contributed by atoms with Gasteiger partial charge in [0.25, 0.3) is 5.91 Å². The van der Waals surface area contributed by atoms with Gasteiger partial charge in [-0.2, -0.15) is 0 Å². The van der Waals surface area contributed by atoms with E-state index in [-0.39, 0.29) is 10.8 Å². The molecule has 0 aliphatic carbocycles. The fourth-order valence-electron chi connectivity index (χ4n) is 5.09. The normalized spacial score (nSPS) is 14.4. The molecule has 42 heavy (non-hydrogen) atoms. The average Bonchev–Trinajstić information content (AvgIpc) is 3.01. The van der Waals surface area contributed by atoms with E-state index in [1.165, 1.54) is 6.07 Å². The minimum absolute atomic E-state index is 0.0971. The first-order valence-corrected chi connectivity index (χ1v) is 15.5. The topological polar surface area (TPSA) is 91.0 Å². The molecule has 4 aromatic rings. The van der Waals surface area contributed by atoms with Gasteiger partial charge in [0.15, 0.2) is 0 Å². The van der Waals surface area contributed by atoms with Crippen LogP contribution in [-0.4, -0.2) is 47.6 Å². The van der Waals surface area contributed by atoms with E-state index in [1.807, 2.05) is 61.5 Å². The second-order valence-electron chi connectivity index (χ2n) is 10.0. The molecule has 4 aromatic carbocycles. The van der Waals surface area contributed by atoms with Crippen molar-refractivity contribution in [1.82, 2.24) is 4.72 Å². The van der Waals surface area contributed by atoms with Crippen molar-refractivity contribution in [1.29, 1.82) is 0 Å². The van der Waals surface area contributed by atoms with Crippen LogP contribution >= 0.6 is 11.6 Å². The molecule has 1 amide bonds. The number of nitrogens with one attached hydrogen (secondary N) is 2. The molecular formula is C32H33ClN4O4S. The monoisotopic (exact) mass is 604 g/mol. The predicted molar refractivity (Wildman–Crippen MR) is 168 cm³/mol. The van der Waals surface area contributed by atoms with Crippen molar-refractivity contribution in [2.45, 2.75) is 17.9 Å². The van der Waals surface area contributed by atoms with Gasteiger partial charge in [0.2, 0.25) is 10.0 Å². The smallest absolute Gasteiger partial charge is 0.255 e. The molecule has 1 heterocycles. The molecule has 1 fully saturated rings. The maximum atomic E-state index is 13.9. The van der Waals surface area contributed by atoms with Crippen molar-refractivity contribution in [3.63, 3.8) is 0 Å². The Balaban J connectivity index is 1.43. The minimum atomic E-state index is -3.99. The SMILES string of the molecule is COc1ccccc1N1CCN(c2ccc(NC(=O)c3cccc(Cl)c3)cc2S(=O)(=O)N[C@@H](C)c2ccccc2)CC1. The number of carbonyl (C=O) groups is 1. The summed E-state index contributed by atoms with van der Waals surface area (Å²) < 4.78 is 36.2. The summed E-state index contributed by atoms with van der Waals surface area (Å²) >= 11 is 6.07. The zero-order valence-electron chi connectivity index (χ0n) is 23.5. The van der Waals surface area contributed by atoms with Crippen molar-refractivity contribution in [2.24, 2.45) is 0 Å². The van der Waals surface area contributed by atoms with Gasteiger partial charge in [-0.05, 0) is 61.0 Å². The molecule has 0 radical (unpaired) electrons.